The zero-order valence-electron chi connectivity index (χ0n) is 6.83. The van der Waals surface area contributed by atoms with Crippen LogP contribution in [0.25, 0.3) is 0 Å². The van der Waals surface area contributed by atoms with Gasteiger partial charge in [0.2, 0.25) is 0 Å². The molecule has 1 rings (SSSR count). The van der Waals surface area contributed by atoms with E-state index in [1.165, 1.54) is 5.71 Å². The van der Waals surface area contributed by atoms with Crippen LogP contribution in [0.4, 0.5) is 0 Å². The van der Waals surface area contributed by atoms with Crippen molar-refractivity contribution >= 4 is 5.71 Å². The Balaban J connectivity index is 2.66. The molecule has 0 bridgehead atoms. The Hall–Kier alpha value is -0.790. The minimum atomic E-state index is 0.541. The van der Waals surface area contributed by atoms with Crippen LogP contribution in [-0.4, -0.2) is 24.3 Å². The molecule has 0 aromatic carbocycles. The fraction of sp³-hybridized carbons (Fsp3) is 0.625. The van der Waals surface area contributed by atoms with Gasteiger partial charge in [0, 0.05) is 7.05 Å². The highest BCUT2D eigenvalue weighted by Gasteiger charge is 2.05. The topological polar surface area (TPSA) is 15.6 Å². The van der Waals surface area contributed by atoms with Gasteiger partial charge in [0.05, 0.1) is 12.3 Å². The Morgan fingerprint density at radius 2 is 2.30 bits per heavy atom. The van der Waals surface area contributed by atoms with Crippen molar-refractivity contribution in [2.75, 3.05) is 13.6 Å². The minimum absolute atomic E-state index is 0.541. The monoisotopic (exact) mass is 138 g/mol. The normalized spacial score (nSPS) is 18.0. The molecule has 0 fully saturated rings. The van der Waals surface area contributed by atoms with Gasteiger partial charge in [-0.25, -0.2) is 0 Å². The third-order valence-corrected chi connectivity index (χ3v) is 1.54. The molecule has 1 aliphatic rings. The van der Waals surface area contributed by atoms with Gasteiger partial charge >= 0.3 is 0 Å². The molecule has 0 aromatic rings. The maximum absolute atomic E-state index is 4.34. The largest absolute Gasteiger partial charge is 0.296 e. The van der Waals surface area contributed by atoms with Crippen molar-refractivity contribution in [2.24, 2.45) is 11.0 Å². The van der Waals surface area contributed by atoms with E-state index in [9.17, 15) is 0 Å². The molecule has 2 nitrogen and oxygen atoms in total. The number of rotatable bonds is 1. The van der Waals surface area contributed by atoms with Crippen LogP contribution in [0.15, 0.2) is 17.3 Å². The Morgan fingerprint density at radius 3 is 2.70 bits per heavy atom. The Bertz CT molecular complexity index is 168. The number of hydrogen-bond acceptors (Lipinski definition) is 2. The summed E-state index contributed by atoms with van der Waals surface area (Å²) in [5.74, 6) is 0.541. The number of allylic oxidation sites excluding steroid dienone is 1. The van der Waals surface area contributed by atoms with Crippen molar-refractivity contribution in [1.82, 2.24) is 5.01 Å². The summed E-state index contributed by atoms with van der Waals surface area (Å²) < 4.78 is 0. The van der Waals surface area contributed by atoms with E-state index in [1.807, 2.05) is 12.1 Å². The highest BCUT2D eigenvalue weighted by molar-refractivity contribution is 5.96. The first-order valence-corrected chi connectivity index (χ1v) is 3.66. The van der Waals surface area contributed by atoms with Crippen LogP contribution in [0.1, 0.15) is 13.8 Å². The summed E-state index contributed by atoms with van der Waals surface area (Å²) in [7, 11) is 1.99. The van der Waals surface area contributed by atoms with Crippen molar-refractivity contribution < 1.29 is 0 Å². The first-order valence-electron chi connectivity index (χ1n) is 3.66. The van der Waals surface area contributed by atoms with Gasteiger partial charge < -0.3 is 0 Å². The molecule has 0 amide bonds. The molecule has 10 heavy (non-hydrogen) atoms. The lowest BCUT2D eigenvalue weighted by molar-refractivity contribution is 0.388. The molecule has 2 heteroatoms. The lowest BCUT2D eigenvalue weighted by Crippen LogP contribution is -2.20. The number of likely N-dealkylation sites (N-methyl/N-ethyl adjacent to an activating group) is 1. The van der Waals surface area contributed by atoms with Gasteiger partial charge in [0.1, 0.15) is 0 Å². The molecule has 1 heterocycles. The van der Waals surface area contributed by atoms with E-state index in [0.717, 1.165) is 6.54 Å². The fourth-order valence-corrected chi connectivity index (χ4v) is 0.905. The second-order valence-corrected chi connectivity index (χ2v) is 2.92. The van der Waals surface area contributed by atoms with E-state index in [4.69, 9.17) is 0 Å². The van der Waals surface area contributed by atoms with E-state index < -0.39 is 0 Å². The van der Waals surface area contributed by atoms with Crippen molar-refractivity contribution in [3.8, 4) is 0 Å². The summed E-state index contributed by atoms with van der Waals surface area (Å²) in [6.07, 6.45) is 4.24. The predicted octanol–water partition coefficient (Wildman–Crippen LogP) is 1.50. The first kappa shape index (κ1) is 7.32. The van der Waals surface area contributed by atoms with Gasteiger partial charge in [-0.2, -0.15) is 5.10 Å². The predicted molar refractivity (Wildman–Crippen MR) is 44.0 cm³/mol. The van der Waals surface area contributed by atoms with Gasteiger partial charge in [-0.1, -0.05) is 19.9 Å². The number of hydrogen-bond donors (Lipinski definition) is 0. The molecule has 0 aliphatic carbocycles. The second-order valence-electron chi connectivity index (χ2n) is 2.92. The zero-order chi connectivity index (χ0) is 7.56. The van der Waals surface area contributed by atoms with Crippen molar-refractivity contribution in [1.29, 1.82) is 0 Å². The van der Waals surface area contributed by atoms with E-state index in [-0.39, 0.29) is 0 Å². The molecule has 1 aliphatic heterocycles. The molecular formula is C8H14N2. The minimum Gasteiger partial charge on any atom is -0.296 e. The average molecular weight is 138 g/mol. The van der Waals surface area contributed by atoms with Gasteiger partial charge in [0.15, 0.2) is 0 Å². The van der Waals surface area contributed by atoms with E-state index in [2.05, 4.69) is 31.1 Å². The Kier molecular flexibility index (Phi) is 2.10. The van der Waals surface area contributed by atoms with Crippen LogP contribution in [0.5, 0.6) is 0 Å². The quantitative estimate of drug-likeness (QED) is 0.536. The molecule has 0 radical (unpaired) electrons. The highest BCUT2D eigenvalue weighted by Crippen LogP contribution is 2.04. The number of hydrazone groups is 1. The van der Waals surface area contributed by atoms with Gasteiger partial charge in [-0.15, -0.1) is 0 Å². The molecular weight excluding hydrogens is 124 g/mol. The van der Waals surface area contributed by atoms with Crippen LogP contribution in [-0.2, 0) is 0 Å². The van der Waals surface area contributed by atoms with Crippen LogP contribution in [0, 0.1) is 5.92 Å². The van der Waals surface area contributed by atoms with Crippen molar-refractivity contribution in [3.05, 3.63) is 12.2 Å². The first-order chi connectivity index (χ1) is 4.70. The zero-order valence-corrected chi connectivity index (χ0v) is 6.83. The molecule has 0 atom stereocenters. The van der Waals surface area contributed by atoms with Crippen LogP contribution in [0.3, 0.4) is 0 Å². The molecule has 0 spiro atoms. The summed E-state index contributed by atoms with van der Waals surface area (Å²) in [6, 6.07) is 0. The van der Waals surface area contributed by atoms with Crippen molar-refractivity contribution in [3.63, 3.8) is 0 Å². The van der Waals surface area contributed by atoms with Gasteiger partial charge in [-0.3, -0.25) is 5.01 Å². The van der Waals surface area contributed by atoms with E-state index in [1.54, 1.807) is 0 Å². The standard InChI is InChI=1S/C8H14N2/c1-7(2)8-5-4-6-10(3)9-8/h4-5,7H,6H2,1-3H3. The lowest BCUT2D eigenvalue weighted by Gasteiger charge is -2.17. The third-order valence-electron chi connectivity index (χ3n) is 1.54. The maximum Gasteiger partial charge on any atom is 0.0628 e. The van der Waals surface area contributed by atoms with Crippen LogP contribution < -0.4 is 0 Å². The Labute approximate surface area is 62.2 Å². The fourth-order valence-electron chi connectivity index (χ4n) is 0.905. The average Bonchev–Trinajstić information content (AvgIpc) is 1.88. The number of nitrogens with zero attached hydrogens (tertiary/aromatic N) is 2. The highest BCUT2D eigenvalue weighted by atomic mass is 15.4. The molecule has 0 N–H and O–H groups in total. The molecule has 0 unspecified atom stereocenters. The van der Waals surface area contributed by atoms with E-state index in [0.29, 0.717) is 5.92 Å². The van der Waals surface area contributed by atoms with Gasteiger partial charge in [-0.05, 0) is 12.0 Å². The Morgan fingerprint density at radius 1 is 1.60 bits per heavy atom. The molecule has 56 valence electrons. The molecule has 0 saturated carbocycles. The smallest absolute Gasteiger partial charge is 0.0628 e. The van der Waals surface area contributed by atoms with Crippen LogP contribution in [0.2, 0.25) is 0 Å². The molecule has 0 saturated heterocycles. The van der Waals surface area contributed by atoms with Crippen LogP contribution >= 0.6 is 0 Å². The molecule has 0 aromatic heterocycles. The summed E-state index contributed by atoms with van der Waals surface area (Å²) in [5.41, 5.74) is 1.17. The maximum atomic E-state index is 4.34. The summed E-state index contributed by atoms with van der Waals surface area (Å²) in [5, 5.41) is 6.30. The summed E-state index contributed by atoms with van der Waals surface area (Å²) in [4.78, 5) is 0. The van der Waals surface area contributed by atoms with Gasteiger partial charge in [0.25, 0.3) is 0 Å². The van der Waals surface area contributed by atoms with E-state index >= 15 is 0 Å². The summed E-state index contributed by atoms with van der Waals surface area (Å²) >= 11 is 0. The second kappa shape index (κ2) is 2.86. The SMILES string of the molecule is CC(C)C1=NN(C)CC=C1. The third kappa shape index (κ3) is 1.59. The lowest BCUT2D eigenvalue weighted by atomic mass is 10.1. The van der Waals surface area contributed by atoms with Crippen molar-refractivity contribution in [2.45, 2.75) is 13.8 Å². The summed E-state index contributed by atoms with van der Waals surface area (Å²) in [6.45, 7) is 5.25.